The summed E-state index contributed by atoms with van der Waals surface area (Å²) in [7, 11) is -7.87. The molecule has 182 valence electrons. The van der Waals surface area contributed by atoms with Crippen molar-refractivity contribution in [2.24, 2.45) is 0 Å². The Balaban J connectivity index is 1.58. The second-order valence-electron chi connectivity index (χ2n) is 9.32. The monoisotopic (exact) mass is 504 g/mol. The van der Waals surface area contributed by atoms with E-state index in [2.05, 4.69) is 24.5 Å². The summed E-state index contributed by atoms with van der Waals surface area (Å²) in [5, 5.41) is 4.66. The van der Waals surface area contributed by atoms with Gasteiger partial charge in [-0.3, -0.25) is 9.40 Å². The highest BCUT2D eigenvalue weighted by atomic mass is 32.2. The summed E-state index contributed by atoms with van der Waals surface area (Å²) in [6.07, 6.45) is 8.63. The van der Waals surface area contributed by atoms with Crippen LogP contribution in [0, 0.1) is 0 Å². The Labute approximate surface area is 199 Å². The van der Waals surface area contributed by atoms with Crippen molar-refractivity contribution in [1.29, 1.82) is 0 Å². The van der Waals surface area contributed by atoms with Crippen LogP contribution in [-0.2, 0) is 25.5 Å². The van der Waals surface area contributed by atoms with E-state index < -0.39 is 25.5 Å². The van der Waals surface area contributed by atoms with E-state index in [0.29, 0.717) is 5.69 Å². The van der Waals surface area contributed by atoms with Crippen LogP contribution in [0.25, 0.3) is 0 Å². The van der Waals surface area contributed by atoms with Crippen LogP contribution in [0.5, 0.6) is 0 Å². The highest BCUT2D eigenvalue weighted by Crippen LogP contribution is 2.34. The molecule has 0 saturated heterocycles. The Bertz CT molecular complexity index is 1360. The Morgan fingerprint density at radius 1 is 0.912 bits per heavy atom. The van der Waals surface area contributed by atoms with E-state index in [1.54, 1.807) is 16.9 Å². The summed E-state index contributed by atoms with van der Waals surface area (Å²) in [6, 6.07) is 7.20. The maximum Gasteiger partial charge on any atom is 0.265 e. The van der Waals surface area contributed by atoms with Gasteiger partial charge in [0.1, 0.15) is 4.90 Å². The van der Waals surface area contributed by atoms with Crippen molar-refractivity contribution in [2.45, 2.75) is 67.7 Å². The number of anilines is 2. The number of benzene rings is 1. The predicted molar refractivity (Wildman–Crippen MR) is 129 cm³/mol. The number of sulfonamides is 2. The average molecular weight is 505 g/mol. The van der Waals surface area contributed by atoms with Gasteiger partial charge in [-0.15, -0.1) is 0 Å². The van der Waals surface area contributed by atoms with Gasteiger partial charge in [-0.1, -0.05) is 33.6 Å². The summed E-state index contributed by atoms with van der Waals surface area (Å²) in [5.41, 5.74) is 0.262. The number of aromatic nitrogens is 4. The van der Waals surface area contributed by atoms with E-state index >= 15 is 0 Å². The standard InChI is InChI=1S/C22H28N6O4S2/c1-22(2,3)20-19(15-28(25-20)17-7-4-5-8-17)34(31,32)26-16-9-11-18(12-10-16)33(29,30)27-21-23-13-6-14-24-21/h6,9-15,17,26H,4-5,7-8H2,1-3H3,(H,23,24,27). The maximum absolute atomic E-state index is 13.3. The molecular formula is C22H28N6O4S2. The molecule has 10 nitrogen and oxygen atoms in total. The fourth-order valence-electron chi connectivity index (χ4n) is 3.89. The molecule has 34 heavy (non-hydrogen) atoms. The topological polar surface area (TPSA) is 136 Å². The fourth-order valence-corrected chi connectivity index (χ4v) is 6.25. The van der Waals surface area contributed by atoms with Crippen molar-refractivity contribution in [1.82, 2.24) is 19.7 Å². The molecule has 0 unspecified atom stereocenters. The molecule has 1 saturated carbocycles. The summed E-state index contributed by atoms with van der Waals surface area (Å²) in [6.45, 7) is 5.78. The van der Waals surface area contributed by atoms with E-state index in [0.717, 1.165) is 25.7 Å². The van der Waals surface area contributed by atoms with Gasteiger partial charge in [0.05, 0.1) is 16.6 Å². The van der Waals surface area contributed by atoms with Gasteiger partial charge in [-0.05, 0) is 43.2 Å². The molecule has 12 heteroatoms. The van der Waals surface area contributed by atoms with Crippen molar-refractivity contribution in [3.8, 4) is 0 Å². The summed E-state index contributed by atoms with van der Waals surface area (Å²) in [5.74, 6) is -0.0544. The molecule has 0 bridgehead atoms. The minimum Gasteiger partial charge on any atom is -0.280 e. The number of hydrogen-bond acceptors (Lipinski definition) is 7. The van der Waals surface area contributed by atoms with E-state index in [-0.39, 0.29) is 27.5 Å². The quantitative estimate of drug-likeness (QED) is 0.501. The van der Waals surface area contributed by atoms with Gasteiger partial charge in [0.25, 0.3) is 20.0 Å². The summed E-state index contributed by atoms with van der Waals surface area (Å²) >= 11 is 0. The lowest BCUT2D eigenvalue weighted by atomic mass is 9.92. The first-order valence-corrected chi connectivity index (χ1v) is 13.9. The van der Waals surface area contributed by atoms with Gasteiger partial charge in [0.15, 0.2) is 0 Å². The van der Waals surface area contributed by atoms with Crippen LogP contribution >= 0.6 is 0 Å². The molecule has 0 amide bonds. The zero-order valence-electron chi connectivity index (χ0n) is 19.3. The predicted octanol–water partition coefficient (Wildman–Crippen LogP) is 3.69. The number of nitrogens with one attached hydrogen (secondary N) is 2. The third-order valence-corrected chi connectivity index (χ3v) is 8.33. The molecule has 0 atom stereocenters. The van der Waals surface area contributed by atoms with Gasteiger partial charge >= 0.3 is 0 Å². The molecule has 2 heterocycles. The lowest BCUT2D eigenvalue weighted by Gasteiger charge is -2.18. The zero-order valence-corrected chi connectivity index (χ0v) is 20.9. The summed E-state index contributed by atoms with van der Waals surface area (Å²) < 4.78 is 58.4. The second-order valence-corrected chi connectivity index (χ2v) is 12.7. The van der Waals surface area contributed by atoms with E-state index in [1.807, 2.05) is 20.8 Å². The van der Waals surface area contributed by atoms with Gasteiger partial charge < -0.3 is 0 Å². The van der Waals surface area contributed by atoms with Gasteiger partial charge in [-0.2, -0.15) is 5.10 Å². The Hall–Kier alpha value is -2.99. The van der Waals surface area contributed by atoms with E-state index in [9.17, 15) is 16.8 Å². The van der Waals surface area contributed by atoms with E-state index in [4.69, 9.17) is 0 Å². The highest BCUT2D eigenvalue weighted by molar-refractivity contribution is 7.93. The van der Waals surface area contributed by atoms with Crippen LogP contribution in [0.3, 0.4) is 0 Å². The minimum absolute atomic E-state index is 0.0488. The van der Waals surface area contributed by atoms with Crippen LogP contribution in [0.4, 0.5) is 11.6 Å². The van der Waals surface area contributed by atoms with Crippen LogP contribution < -0.4 is 9.44 Å². The molecule has 0 aliphatic heterocycles. The lowest BCUT2D eigenvalue weighted by Crippen LogP contribution is -2.20. The first-order chi connectivity index (χ1) is 16.0. The van der Waals surface area contributed by atoms with Crippen molar-refractivity contribution in [2.75, 3.05) is 9.44 Å². The smallest absolute Gasteiger partial charge is 0.265 e. The van der Waals surface area contributed by atoms with Crippen molar-refractivity contribution in [3.63, 3.8) is 0 Å². The van der Waals surface area contributed by atoms with Crippen LogP contribution in [0.1, 0.15) is 58.2 Å². The largest absolute Gasteiger partial charge is 0.280 e. The fraction of sp³-hybridized carbons (Fsp3) is 0.409. The SMILES string of the molecule is CC(C)(C)c1nn(C2CCCC2)cc1S(=O)(=O)Nc1ccc(S(=O)(=O)Nc2ncccn2)cc1. The van der Waals surface area contributed by atoms with Gasteiger partial charge in [0, 0.05) is 29.7 Å². The van der Waals surface area contributed by atoms with Crippen molar-refractivity contribution in [3.05, 3.63) is 54.6 Å². The highest BCUT2D eigenvalue weighted by Gasteiger charge is 2.32. The van der Waals surface area contributed by atoms with Gasteiger partial charge in [-0.25, -0.2) is 31.5 Å². The van der Waals surface area contributed by atoms with E-state index in [1.165, 1.54) is 36.7 Å². The molecule has 3 aromatic rings. The average Bonchev–Trinajstić information content (AvgIpc) is 3.44. The molecule has 1 fully saturated rings. The molecule has 2 aromatic heterocycles. The Morgan fingerprint density at radius 2 is 1.53 bits per heavy atom. The molecule has 0 spiro atoms. The first kappa shape index (κ1) is 24.1. The summed E-state index contributed by atoms with van der Waals surface area (Å²) in [4.78, 5) is 7.78. The number of hydrogen-bond donors (Lipinski definition) is 2. The third kappa shape index (κ3) is 5.22. The molecule has 2 N–H and O–H groups in total. The van der Waals surface area contributed by atoms with Crippen molar-refractivity contribution >= 4 is 31.7 Å². The lowest BCUT2D eigenvalue weighted by molar-refractivity contribution is 0.448. The molecular weight excluding hydrogens is 476 g/mol. The third-order valence-electron chi connectivity index (χ3n) is 5.61. The molecule has 1 aromatic carbocycles. The van der Waals surface area contributed by atoms with Crippen LogP contribution in [0.2, 0.25) is 0 Å². The molecule has 4 rings (SSSR count). The zero-order chi connectivity index (χ0) is 24.6. The Morgan fingerprint density at radius 3 is 2.12 bits per heavy atom. The first-order valence-electron chi connectivity index (χ1n) is 11.0. The second kappa shape index (κ2) is 8.99. The normalized spacial score (nSPS) is 15.4. The molecule has 0 radical (unpaired) electrons. The minimum atomic E-state index is -3.95. The van der Waals surface area contributed by atoms with Crippen LogP contribution in [0.15, 0.2) is 58.7 Å². The van der Waals surface area contributed by atoms with Gasteiger partial charge in [0.2, 0.25) is 5.95 Å². The maximum atomic E-state index is 13.3. The Kier molecular flexibility index (Phi) is 6.38. The van der Waals surface area contributed by atoms with Crippen LogP contribution in [-0.4, -0.2) is 36.6 Å². The number of nitrogens with zero attached hydrogens (tertiary/aromatic N) is 4. The molecule has 1 aliphatic rings. The number of rotatable bonds is 7. The molecule has 1 aliphatic carbocycles. The van der Waals surface area contributed by atoms with Crippen molar-refractivity contribution < 1.29 is 16.8 Å².